The van der Waals surface area contributed by atoms with E-state index < -0.39 is 8.32 Å². The van der Waals surface area contributed by atoms with Crippen LogP contribution in [-0.2, 0) is 4.43 Å². The molecule has 0 spiro atoms. The van der Waals surface area contributed by atoms with E-state index in [-0.39, 0.29) is 5.04 Å². The van der Waals surface area contributed by atoms with E-state index >= 15 is 0 Å². The van der Waals surface area contributed by atoms with Gasteiger partial charge in [-0.1, -0.05) is 81.4 Å². The highest BCUT2D eigenvalue weighted by atomic mass is 28.4. The molecule has 0 aliphatic heterocycles. The minimum Gasteiger partial charge on any atom is -0.407 e. The van der Waals surface area contributed by atoms with E-state index in [2.05, 4.69) is 81.4 Å². The molecule has 1 aliphatic carbocycles. The molecule has 0 amide bonds. The minimum atomic E-state index is -2.41. The lowest BCUT2D eigenvalue weighted by molar-refractivity contribution is 0.135. The summed E-state index contributed by atoms with van der Waals surface area (Å²) in [6.07, 6.45) is 4.60. The molecule has 3 heteroatoms. The van der Waals surface area contributed by atoms with Gasteiger partial charge in [0.25, 0.3) is 8.32 Å². The third kappa shape index (κ3) is 4.36. The summed E-state index contributed by atoms with van der Waals surface area (Å²) in [6.45, 7) is 8.17. The van der Waals surface area contributed by atoms with Crippen LogP contribution in [-0.4, -0.2) is 26.6 Å². The van der Waals surface area contributed by atoms with Gasteiger partial charge in [-0.15, -0.1) is 0 Å². The molecular formula is C24H34O2Si. The molecule has 146 valence electrons. The lowest BCUT2D eigenvalue weighted by Crippen LogP contribution is -2.66. The summed E-state index contributed by atoms with van der Waals surface area (Å²) >= 11 is 0. The van der Waals surface area contributed by atoms with Gasteiger partial charge in [0, 0.05) is 13.2 Å². The average Bonchev–Trinajstić information content (AvgIpc) is 2.69. The summed E-state index contributed by atoms with van der Waals surface area (Å²) in [6, 6.07) is 21.8. The highest BCUT2D eigenvalue weighted by Gasteiger charge is 2.50. The molecule has 2 nitrogen and oxygen atoms in total. The van der Waals surface area contributed by atoms with Crippen molar-refractivity contribution in [3.05, 3.63) is 60.7 Å². The Morgan fingerprint density at radius 2 is 1.26 bits per heavy atom. The van der Waals surface area contributed by atoms with Gasteiger partial charge in [0.05, 0.1) is 0 Å². The van der Waals surface area contributed by atoms with Crippen molar-refractivity contribution in [3.63, 3.8) is 0 Å². The highest BCUT2D eigenvalue weighted by Crippen LogP contribution is 2.38. The Labute approximate surface area is 165 Å². The topological polar surface area (TPSA) is 29.5 Å². The molecule has 0 unspecified atom stereocenters. The first-order valence-electron chi connectivity index (χ1n) is 10.3. The minimum absolute atomic E-state index is 0.0397. The molecular weight excluding hydrogens is 348 g/mol. The molecule has 0 saturated heterocycles. The van der Waals surface area contributed by atoms with E-state index in [0.717, 1.165) is 19.4 Å². The lowest BCUT2D eigenvalue weighted by atomic mass is 9.83. The average molecular weight is 383 g/mol. The van der Waals surface area contributed by atoms with Gasteiger partial charge in [-0.25, -0.2) is 0 Å². The number of benzene rings is 2. The Bertz CT molecular complexity index is 646. The van der Waals surface area contributed by atoms with E-state index in [9.17, 15) is 5.11 Å². The van der Waals surface area contributed by atoms with E-state index in [4.69, 9.17) is 4.43 Å². The maximum atomic E-state index is 9.42. The molecule has 0 bridgehead atoms. The normalized spacial score (nSPS) is 21.2. The van der Waals surface area contributed by atoms with E-state index in [0.29, 0.717) is 18.4 Å². The predicted molar refractivity (Wildman–Crippen MR) is 116 cm³/mol. The molecule has 1 fully saturated rings. The molecule has 3 rings (SSSR count). The molecule has 27 heavy (non-hydrogen) atoms. The van der Waals surface area contributed by atoms with Crippen molar-refractivity contribution >= 4 is 18.7 Å². The third-order valence-corrected chi connectivity index (χ3v) is 11.2. The number of rotatable bonds is 6. The van der Waals surface area contributed by atoms with E-state index in [1.807, 2.05) is 0 Å². The van der Waals surface area contributed by atoms with Gasteiger partial charge in [0.15, 0.2) is 0 Å². The summed E-state index contributed by atoms with van der Waals surface area (Å²) in [5, 5.41) is 12.2. The van der Waals surface area contributed by atoms with Crippen LogP contribution >= 0.6 is 0 Å². The number of aliphatic hydroxyl groups excluding tert-OH is 1. The van der Waals surface area contributed by atoms with Crippen molar-refractivity contribution in [3.8, 4) is 0 Å². The first-order valence-corrected chi connectivity index (χ1v) is 12.2. The van der Waals surface area contributed by atoms with Gasteiger partial charge < -0.3 is 9.53 Å². The second-order valence-electron chi connectivity index (χ2n) is 9.04. The number of hydrogen-bond acceptors (Lipinski definition) is 2. The summed E-state index contributed by atoms with van der Waals surface area (Å²) in [5.74, 6) is 1.10. The fourth-order valence-corrected chi connectivity index (χ4v) is 9.23. The first-order chi connectivity index (χ1) is 13.0. The zero-order valence-corrected chi connectivity index (χ0v) is 18.0. The van der Waals surface area contributed by atoms with Crippen LogP contribution in [0.5, 0.6) is 0 Å². The molecule has 0 heterocycles. The van der Waals surface area contributed by atoms with E-state index in [1.165, 1.54) is 23.2 Å². The van der Waals surface area contributed by atoms with Gasteiger partial charge in [0.2, 0.25) is 0 Å². The first kappa shape index (κ1) is 20.3. The molecule has 0 atom stereocenters. The van der Waals surface area contributed by atoms with Crippen LogP contribution in [0.25, 0.3) is 0 Å². The predicted octanol–water partition coefficient (Wildman–Crippen LogP) is 4.36. The van der Waals surface area contributed by atoms with Crippen LogP contribution in [0.15, 0.2) is 60.7 Å². The van der Waals surface area contributed by atoms with Crippen molar-refractivity contribution in [2.45, 2.75) is 51.5 Å². The lowest BCUT2D eigenvalue weighted by Gasteiger charge is -2.44. The summed E-state index contributed by atoms with van der Waals surface area (Å²) < 4.78 is 7.05. The molecule has 0 radical (unpaired) electrons. The maximum absolute atomic E-state index is 9.42. The number of aliphatic hydroxyl groups is 1. The van der Waals surface area contributed by atoms with Crippen LogP contribution in [0, 0.1) is 11.8 Å². The van der Waals surface area contributed by atoms with Crippen LogP contribution in [0.3, 0.4) is 0 Å². The van der Waals surface area contributed by atoms with Crippen LogP contribution < -0.4 is 10.4 Å². The Morgan fingerprint density at radius 1 is 0.815 bits per heavy atom. The summed E-state index contributed by atoms with van der Waals surface area (Å²) in [5.41, 5.74) is 0. The van der Waals surface area contributed by atoms with Gasteiger partial charge in [0.1, 0.15) is 0 Å². The zero-order chi connectivity index (χ0) is 19.3. The Hall–Kier alpha value is -1.42. The summed E-state index contributed by atoms with van der Waals surface area (Å²) in [7, 11) is -2.41. The molecule has 2 aromatic rings. The largest absolute Gasteiger partial charge is 0.407 e. The van der Waals surface area contributed by atoms with Gasteiger partial charge in [-0.05, 0) is 52.9 Å². The summed E-state index contributed by atoms with van der Waals surface area (Å²) in [4.78, 5) is 0. The standard InChI is InChI=1S/C24H34O2Si/c1-24(2,3)27(22-10-6-4-7-11-22,23-12-8-5-9-13-23)26-19-21-16-14-20(18-25)15-17-21/h4-13,20-21,25H,14-19H2,1-3H3/t20-,21+. The Kier molecular flexibility index (Phi) is 6.56. The Balaban J connectivity index is 1.92. The zero-order valence-electron chi connectivity index (χ0n) is 17.0. The molecule has 1 aliphatic rings. The Morgan fingerprint density at radius 3 is 1.67 bits per heavy atom. The molecule has 1 N–H and O–H groups in total. The fourth-order valence-electron chi connectivity index (χ4n) is 4.59. The second-order valence-corrected chi connectivity index (χ2v) is 13.3. The maximum Gasteiger partial charge on any atom is 0.261 e. The van der Waals surface area contributed by atoms with Crippen molar-refractivity contribution < 1.29 is 9.53 Å². The van der Waals surface area contributed by atoms with Crippen molar-refractivity contribution in [1.29, 1.82) is 0 Å². The second kappa shape index (κ2) is 8.72. The van der Waals surface area contributed by atoms with E-state index in [1.54, 1.807) is 0 Å². The van der Waals surface area contributed by atoms with Crippen molar-refractivity contribution in [1.82, 2.24) is 0 Å². The van der Waals surface area contributed by atoms with Crippen LogP contribution in [0.2, 0.25) is 5.04 Å². The quantitative estimate of drug-likeness (QED) is 0.752. The van der Waals surface area contributed by atoms with Crippen LogP contribution in [0.1, 0.15) is 46.5 Å². The van der Waals surface area contributed by atoms with Gasteiger partial charge in [-0.3, -0.25) is 0 Å². The molecule has 1 saturated carbocycles. The fraction of sp³-hybridized carbons (Fsp3) is 0.500. The third-order valence-electron chi connectivity index (χ3n) is 6.18. The van der Waals surface area contributed by atoms with Crippen LogP contribution in [0.4, 0.5) is 0 Å². The van der Waals surface area contributed by atoms with Gasteiger partial charge in [-0.2, -0.15) is 0 Å². The SMILES string of the molecule is CC(C)(C)[Si](OC[C@H]1CC[C@@H](CO)CC1)(c1ccccc1)c1ccccc1. The monoisotopic (exact) mass is 382 g/mol. The molecule has 2 aromatic carbocycles. The molecule has 0 aromatic heterocycles. The van der Waals surface area contributed by atoms with Gasteiger partial charge >= 0.3 is 0 Å². The number of hydrogen-bond donors (Lipinski definition) is 1. The van der Waals surface area contributed by atoms with Crippen molar-refractivity contribution in [2.75, 3.05) is 13.2 Å². The smallest absolute Gasteiger partial charge is 0.261 e. The van der Waals surface area contributed by atoms with Crippen molar-refractivity contribution in [2.24, 2.45) is 11.8 Å². The highest BCUT2D eigenvalue weighted by molar-refractivity contribution is 6.99.